The Bertz CT molecular complexity index is 649. The molecule has 0 bridgehead atoms. The van der Waals surface area contributed by atoms with Gasteiger partial charge in [0.2, 0.25) is 5.91 Å². The number of hydrogen-bond donors (Lipinski definition) is 1. The molecule has 0 saturated carbocycles. The summed E-state index contributed by atoms with van der Waals surface area (Å²) in [5.74, 6) is -0.217. The summed E-state index contributed by atoms with van der Waals surface area (Å²) in [6.45, 7) is 12.3. The summed E-state index contributed by atoms with van der Waals surface area (Å²) in [6, 6.07) is 10.3. The molecular weight excluding hydrogens is 344 g/mol. The predicted molar refractivity (Wildman–Crippen MR) is 109 cm³/mol. The number of likely N-dealkylation sites (N-methyl/N-ethyl adjacent to an activating group) is 1. The van der Waals surface area contributed by atoms with Crippen LogP contribution in [0.25, 0.3) is 0 Å². The molecule has 6 heteroatoms. The van der Waals surface area contributed by atoms with E-state index in [2.05, 4.69) is 36.6 Å². The van der Waals surface area contributed by atoms with E-state index in [0.717, 1.165) is 0 Å². The molecule has 0 unspecified atom stereocenters. The molecule has 0 aromatic heterocycles. The summed E-state index contributed by atoms with van der Waals surface area (Å²) in [4.78, 5) is 26.0. The molecule has 2 amide bonds. The molecule has 0 atom stereocenters. The molecule has 0 radical (unpaired) electrons. The van der Waals surface area contributed by atoms with Crippen molar-refractivity contribution in [1.29, 1.82) is 0 Å². The summed E-state index contributed by atoms with van der Waals surface area (Å²) in [6.07, 6.45) is 1.60. The Labute approximate surface area is 158 Å². The molecule has 26 heavy (non-hydrogen) atoms. The van der Waals surface area contributed by atoms with Crippen molar-refractivity contribution < 1.29 is 14.3 Å². The van der Waals surface area contributed by atoms with Gasteiger partial charge >= 0.3 is 6.09 Å². The number of benzene rings is 1. The average Bonchev–Trinajstić information content (AvgIpc) is 2.57. The topological polar surface area (TPSA) is 58.6 Å². The number of carbonyl (C=O) groups is 2. The molecule has 0 spiro atoms. The van der Waals surface area contributed by atoms with Crippen LogP contribution in [0.5, 0.6) is 0 Å². The number of rotatable bonds is 6. The molecule has 0 heterocycles. The van der Waals surface area contributed by atoms with Crippen LogP contribution in [0.1, 0.15) is 27.7 Å². The van der Waals surface area contributed by atoms with E-state index in [0.29, 0.717) is 6.54 Å². The Morgan fingerprint density at radius 2 is 1.73 bits per heavy atom. The lowest BCUT2D eigenvalue weighted by atomic mass is 10.2. The van der Waals surface area contributed by atoms with E-state index >= 15 is 0 Å². The summed E-state index contributed by atoms with van der Waals surface area (Å²) in [5.41, 5.74) is -0.611. The minimum absolute atomic E-state index is 0.0258. The van der Waals surface area contributed by atoms with Crippen LogP contribution in [0.2, 0.25) is 13.1 Å². The first-order valence-electron chi connectivity index (χ1n) is 8.91. The zero-order valence-electron chi connectivity index (χ0n) is 17.1. The third kappa shape index (κ3) is 6.33. The fraction of sp³-hybridized carbons (Fsp3) is 0.500. The van der Waals surface area contributed by atoms with Crippen molar-refractivity contribution in [2.75, 3.05) is 20.1 Å². The summed E-state index contributed by atoms with van der Waals surface area (Å²) < 4.78 is 5.50. The largest absolute Gasteiger partial charge is 0.444 e. The normalized spacial score (nSPS) is 12.5. The molecule has 0 aliphatic carbocycles. The number of carbonyl (C=O) groups excluding carboxylic acids is 2. The van der Waals surface area contributed by atoms with E-state index in [1.54, 1.807) is 7.05 Å². The molecule has 0 saturated heterocycles. The van der Waals surface area contributed by atoms with Gasteiger partial charge in [-0.3, -0.25) is 9.69 Å². The maximum absolute atomic E-state index is 12.6. The van der Waals surface area contributed by atoms with E-state index < -0.39 is 19.8 Å². The van der Waals surface area contributed by atoms with E-state index in [1.807, 2.05) is 45.9 Å². The lowest BCUT2D eigenvalue weighted by molar-refractivity contribution is -0.121. The first-order valence-corrected chi connectivity index (χ1v) is 11.9. The van der Waals surface area contributed by atoms with Gasteiger partial charge in [0.25, 0.3) is 0 Å². The quantitative estimate of drug-likeness (QED) is 0.776. The second-order valence-corrected chi connectivity index (χ2v) is 12.3. The SMILES string of the molecule is C/C=C(/CN(CC(=O)NC)C(=O)OC(C)(C)C)[Si](C)(C)c1ccccc1. The maximum Gasteiger partial charge on any atom is 0.411 e. The second kappa shape index (κ2) is 9.03. The number of amides is 2. The fourth-order valence-electron chi connectivity index (χ4n) is 2.66. The van der Waals surface area contributed by atoms with E-state index in [1.165, 1.54) is 15.3 Å². The number of nitrogens with zero attached hydrogens (tertiary/aromatic N) is 1. The summed E-state index contributed by atoms with van der Waals surface area (Å²) in [7, 11) is -0.393. The lowest BCUT2D eigenvalue weighted by Crippen LogP contribution is -2.50. The molecule has 1 aromatic rings. The minimum atomic E-state index is -1.96. The van der Waals surface area contributed by atoms with Crippen molar-refractivity contribution in [3.63, 3.8) is 0 Å². The highest BCUT2D eigenvalue weighted by Gasteiger charge is 2.32. The molecule has 0 aliphatic heterocycles. The van der Waals surface area contributed by atoms with Crippen molar-refractivity contribution in [1.82, 2.24) is 10.2 Å². The van der Waals surface area contributed by atoms with Gasteiger partial charge in [-0.2, -0.15) is 0 Å². The monoisotopic (exact) mass is 376 g/mol. The number of allylic oxidation sites excluding steroid dienone is 1. The maximum atomic E-state index is 12.6. The van der Waals surface area contributed by atoms with Crippen LogP contribution in [0.15, 0.2) is 41.6 Å². The van der Waals surface area contributed by atoms with Gasteiger partial charge in [-0.15, -0.1) is 0 Å². The molecule has 1 aromatic carbocycles. The van der Waals surface area contributed by atoms with E-state index in [9.17, 15) is 9.59 Å². The highest BCUT2D eigenvalue weighted by atomic mass is 28.3. The Morgan fingerprint density at radius 1 is 1.15 bits per heavy atom. The van der Waals surface area contributed by atoms with Crippen LogP contribution < -0.4 is 10.5 Å². The number of hydrogen-bond acceptors (Lipinski definition) is 3. The van der Waals surface area contributed by atoms with Gasteiger partial charge in [-0.1, -0.05) is 59.9 Å². The molecule has 1 rings (SSSR count). The smallest absolute Gasteiger partial charge is 0.411 e. The lowest BCUT2D eigenvalue weighted by Gasteiger charge is -2.32. The highest BCUT2D eigenvalue weighted by Crippen LogP contribution is 2.18. The summed E-state index contributed by atoms with van der Waals surface area (Å²) >= 11 is 0. The minimum Gasteiger partial charge on any atom is -0.444 e. The van der Waals surface area contributed by atoms with Crippen LogP contribution in [0, 0.1) is 0 Å². The van der Waals surface area contributed by atoms with Gasteiger partial charge < -0.3 is 10.1 Å². The van der Waals surface area contributed by atoms with Crippen molar-refractivity contribution in [3.05, 3.63) is 41.6 Å². The molecule has 1 N–H and O–H groups in total. The van der Waals surface area contributed by atoms with Crippen LogP contribution in [-0.4, -0.2) is 50.7 Å². The molecule has 5 nitrogen and oxygen atoms in total. The Morgan fingerprint density at radius 3 is 2.19 bits per heavy atom. The van der Waals surface area contributed by atoms with Crippen molar-refractivity contribution in [2.24, 2.45) is 0 Å². The fourth-order valence-corrected chi connectivity index (χ4v) is 5.36. The third-order valence-electron chi connectivity index (χ3n) is 4.27. The standard InChI is InChI=1S/C20H32N2O3Si/c1-8-16(26(6,7)17-12-10-9-11-13-17)14-22(15-18(23)21-5)19(24)25-20(2,3)4/h8-13H,14-15H2,1-7H3,(H,21,23)/b16-8-. The Balaban J connectivity index is 3.10. The zero-order chi connectivity index (χ0) is 20.0. The zero-order valence-corrected chi connectivity index (χ0v) is 18.1. The second-order valence-electron chi connectivity index (χ2n) is 7.81. The van der Waals surface area contributed by atoms with Gasteiger partial charge in [-0.25, -0.2) is 4.79 Å². The average molecular weight is 377 g/mol. The van der Waals surface area contributed by atoms with Gasteiger partial charge in [0.05, 0.1) is 0 Å². The molecule has 0 fully saturated rings. The Kier molecular flexibility index (Phi) is 7.63. The van der Waals surface area contributed by atoms with Crippen molar-refractivity contribution in [2.45, 2.75) is 46.4 Å². The van der Waals surface area contributed by atoms with Crippen molar-refractivity contribution in [3.8, 4) is 0 Å². The van der Waals surface area contributed by atoms with Crippen LogP contribution in [0.4, 0.5) is 4.79 Å². The van der Waals surface area contributed by atoms with Crippen molar-refractivity contribution >= 4 is 25.3 Å². The Hall–Kier alpha value is -2.08. The van der Waals surface area contributed by atoms with E-state index in [-0.39, 0.29) is 12.5 Å². The van der Waals surface area contributed by atoms with Crippen LogP contribution in [0.3, 0.4) is 0 Å². The van der Waals surface area contributed by atoms with Crippen LogP contribution >= 0.6 is 0 Å². The van der Waals surface area contributed by atoms with E-state index in [4.69, 9.17) is 4.74 Å². The molecular formula is C20H32N2O3Si. The highest BCUT2D eigenvalue weighted by molar-refractivity contribution is 6.95. The van der Waals surface area contributed by atoms with Gasteiger partial charge in [0.15, 0.2) is 0 Å². The molecule has 144 valence electrons. The molecule has 0 aliphatic rings. The first kappa shape index (κ1) is 22.0. The van der Waals surface area contributed by atoms with Gasteiger partial charge in [0.1, 0.15) is 20.2 Å². The van der Waals surface area contributed by atoms with Gasteiger partial charge in [0, 0.05) is 13.6 Å². The first-order chi connectivity index (χ1) is 12.0. The summed E-state index contributed by atoms with van der Waals surface area (Å²) in [5, 5.41) is 5.05. The van der Waals surface area contributed by atoms with Gasteiger partial charge in [-0.05, 0) is 27.7 Å². The van der Waals surface area contributed by atoms with Crippen LogP contribution in [-0.2, 0) is 9.53 Å². The number of ether oxygens (including phenoxy) is 1. The number of nitrogens with one attached hydrogen (secondary N) is 1. The third-order valence-corrected chi connectivity index (χ3v) is 8.10. The predicted octanol–water partition coefficient (Wildman–Crippen LogP) is 3.07.